The molecule has 0 spiro atoms. The molecule has 1 N–H and O–H groups in total. The van der Waals surface area contributed by atoms with Crippen LogP contribution in [0.1, 0.15) is 28.8 Å². The number of nitrogens with one attached hydrogen (secondary N) is 1. The van der Waals surface area contributed by atoms with Gasteiger partial charge in [-0.15, -0.1) is 0 Å². The molecule has 0 atom stereocenters. The number of nitrogens with zero attached hydrogens (tertiary/aromatic N) is 3. The average molecular weight is 422 g/mol. The number of hydrogen-bond donors (Lipinski definition) is 1. The first-order valence-corrected chi connectivity index (χ1v) is 10.3. The number of aromatic nitrogens is 2. The number of likely N-dealkylation sites (tertiary alicyclic amines) is 1. The summed E-state index contributed by atoms with van der Waals surface area (Å²) in [7, 11) is 3.29. The highest BCUT2D eigenvalue weighted by Gasteiger charge is 2.35. The zero-order valence-corrected chi connectivity index (χ0v) is 17.7. The summed E-state index contributed by atoms with van der Waals surface area (Å²) in [5.41, 5.74) is 2.15. The molecular formula is C23H26N4O4. The van der Waals surface area contributed by atoms with Crippen LogP contribution in [0.25, 0.3) is 0 Å². The van der Waals surface area contributed by atoms with Gasteiger partial charge in [-0.2, -0.15) is 4.98 Å². The summed E-state index contributed by atoms with van der Waals surface area (Å²) in [5, 5.41) is 7.04. The Morgan fingerprint density at radius 3 is 2.65 bits per heavy atom. The van der Waals surface area contributed by atoms with E-state index in [1.807, 2.05) is 48.5 Å². The third-order valence-corrected chi connectivity index (χ3v) is 5.39. The second kappa shape index (κ2) is 9.51. The van der Waals surface area contributed by atoms with Crippen LogP contribution in [0.4, 0.5) is 4.79 Å². The van der Waals surface area contributed by atoms with Crippen molar-refractivity contribution in [1.29, 1.82) is 0 Å². The Balaban J connectivity index is 1.22. The van der Waals surface area contributed by atoms with E-state index in [4.69, 9.17) is 14.0 Å². The fourth-order valence-electron chi connectivity index (χ4n) is 3.54. The number of rotatable bonds is 8. The topological polar surface area (TPSA) is 89.7 Å². The van der Waals surface area contributed by atoms with Crippen molar-refractivity contribution in [2.45, 2.75) is 18.8 Å². The number of benzene rings is 2. The predicted octanol–water partition coefficient (Wildman–Crippen LogP) is 3.03. The van der Waals surface area contributed by atoms with E-state index in [2.05, 4.69) is 15.5 Å². The van der Waals surface area contributed by atoms with Crippen molar-refractivity contribution in [2.24, 2.45) is 0 Å². The number of hydrogen-bond acceptors (Lipinski definition) is 6. The summed E-state index contributed by atoms with van der Waals surface area (Å²) < 4.78 is 16.0. The first-order valence-electron chi connectivity index (χ1n) is 10.3. The van der Waals surface area contributed by atoms with Gasteiger partial charge in [0.2, 0.25) is 5.89 Å². The van der Waals surface area contributed by atoms with E-state index in [-0.39, 0.29) is 11.9 Å². The van der Waals surface area contributed by atoms with Gasteiger partial charge in [0.25, 0.3) is 0 Å². The van der Waals surface area contributed by atoms with E-state index >= 15 is 0 Å². The molecule has 2 amide bonds. The Kier molecular flexibility index (Phi) is 6.35. The minimum Gasteiger partial charge on any atom is -0.497 e. The summed E-state index contributed by atoms with van der Waals surface area (Å²) in [6.45, 7) is 1.73. The van der Waals surface area contributed by atoms with Gasteiger partial charge in [0.15, 0.2) is 5.82 Å². The van der Waals surface area contributed by atoms with Gasteiger partial charge in [0.1, 0.15) is 11.5 Å². The molecule has 8 nitrogen and oxygen atoms in total. The highest BCUT2D eigenvalue weighted by Crippen LogP contribution is 2.27. The lowest BCUT2D eigenvalue weighted by molar-refractivity contribution is 0.137. The summed E-state index contributed by atoms with van der Waals surface area (Å²) in [4.78, 5) is 18.6. The Hall–Kier alpha value is -3.55. The normalized spacial score (nSPS) is 13.5. The minimum atomic E-state index is -0.0708. The maximum atomic E-state index is 12.3. The highest BCUT2D eigenvalue weighted by atomic mass is 16.5. The highest BCUT2D eigenvalue weighted by molar-refractivity contribution is 5.75. The van der Waals surface area contributed by atoms with Crippen LogP contribution in [-0.2, 0) is 12.8 Å². The molecule has 2 aromatic carbocycles. The van der Waals surface area contributed by atoms with Gasteiger partial charge < -0.3 is 24.2 Å². The van der Waals surface area contributed by atoms with Crippen LogP contribution in [0.15, 0.2) is 53.1 Å². The molecule has 31 heavy (non-hydrogen) atoms. The summed E-state index contributed by atoms with van der Waals surface area (Å²) in [6.07, 6.45) is 1.30. The Labute approximate surface area is 181 Å². The Morgan fingerprint density at radius 2 is 1.90 bits per heavy atom. The van der Waals surface area contributed by atoms with Gasteiger partial charge in [-0.25, -0.2) is 4.79 Å². The first-order chi connectivity index (χ1) is 15.2. The molecule has 2 heterocycles. The van der Waals surface area contributed by atoms with Crippen LogP contribution in [-0.4, -0.2) is 54.9 Å². The molecule has 0 saturated carbocycles. The summed E-state index contributed by atoms with van der Waals surface area (Å²) in [6, 6.07) is 15.5. The third-order valence-electron chi connectivity index (χ3n) is 5.39. The van der Waals surface area contributed by atoms with Crippen LogP contribution in [0.3, 0.4) is 0 Å². The van der Waals surface area contributed by atoms with Crippen LogP contribution in [0, 0.1) is 0 Å². The number of amides is 2. The van der Waals surface area contributed by atoms with Crippen LogP contribution >= 0.6 is 0 Å². The van der Waals surface area contributed by atoms with Crippen LogP contribution in [0.2, 0.25) is 0 Å². The maximum absolute atomic E-state index is 12.3. The summed E-state index contributed by atoms with van der Waals surface area (Å²) in [5.74, 6) is 2.89. The lowest BCUT2D eigenvalue weighted by atomic mass is 10.0. The first kappa shape index (κ1) is 20.7. The second-order valence-corrected chi connectivity index (χ2v) is 7.47. The molecule has 1 aromatic heterocycles. The number of carbonyl (C=O) groups excluding carboxylic acids is 1. The van der Waals surface area contributed by atoms with Crippen molar-refractivity contribution in [3.8, 4) is 11.5 Å². The van der Waals surface area contributed by atoms with E-state index in [0.29, 0.717) is 37.8 Å². The molecule has 1 aliphatic rings. The quantitative estimate of drug-likeness (QED) is 0.600. The number of ether oxygens (including phenoxy) is 2. The Morgan fingerprint density at radius 1 is 1.13 bits per heavy atom. The van der Waals surface area contributed by atoms with E-state index < -0.39 is 0 Å². The lowest BCUT2D eigenvalue weighted by Gasteiger charge is -2.36. The van der Waals surface area contributed by atoms with Gasteiger partial charge in [-0.3, -0.25) is 0 Å². The average Bonchev–Trinajstić information content (AvgIpc) is 3.21. The monoisotopic (exact) mass is 422 g/mol. The zero-order chi connectivity index (χ0) is 21.6. The van der Waals surface area contributed by atoms with Gasteiger partial charge in [0, 0.05) is 31.6 Å². The number of carbonyl (C=O) groups is 1. The third kappa shape index (κ3) is 4.96. The smallest absolute Gasteiger partial charge is 0.317 e. The molecule has 0 unspecified atom stereocenters. The molecule has 4 rings (SSSR count). The molecule has 0 radical (unpaired) electrons. The van der Waals surface area contributed by atoms with Crippen molar-refractivity contribution in [3.63, 3.8) is 0 Å². The van der Waals surface area contributed by atoms with Crippen LogP contribution in [0.5, 0.6) is 11.5 Å². The number of urea groups is 1. The molecule has 3 aromatic rings. The maximum Gasteiger partial charge on any atom is 0.317 e. The van der Waals surface area contributed by atoms with Crippen molar-refractivity contribution in [3.05, 3.63) is 71.4 Å². The molecule has 1 saturated heterocycles. The predicted molar refractivity (Wildman–Crippen MR) is 115 cm³/mol. The van der Waals surface area contributed by atoms with E-state index in [0.717, 1.165) is 29.0 Å². The molecule has 162 valence electrons. The van der Waals surface area contributed by atoms with Crippen molar-refractivity contribution in [1.82, 2.24) is 20.4 Å². The van der Waals surface area contributed by atoms with Gasteiger partial charge in [-0.05, 0) is 30.2 Å². The summed E-state index contributed by atoms with van der Waals surface area (Å²) >= 11 is 0. The van der Waals surface area contributed by atoms with Gasteiger partial charge in [0.05, 0.1) is 20.1 Å². The van der Waals surface area contributed by atoms with E-state index in [1.54, 1.807) is 19.1 Å². The second-order valence-electron chi connectivity index (χ2n) is 7.47. The molecule has 0 bridgehead atoms. The lowest BCUT2D eigenvalue weighted by Crippen LogP contribution is -2.52. The van der Waals surface area contributed by atoms with Crippen molar-refractivity contribution in [2.75, 3.05) is 33.9 Å². The largest absolute Gasteiger partial charge is 0.497 e. The fourth-order valence-corrected chi connectivity index (χ4v) is 3.54. The Bertz CT molecular complexity index is 1010. The molecule has 1 aliphatic heterocycles. The van der Waals surface area contributed by atoms with Crippen molar-refractivity contribution >= 4 is 6.03 Å². The van der Waals surface area contributed by atoms with E-state index in [9.17, 15) is 4.79 Å². The number of methoxy groups -OCH3 is 2. The molecular weight excluding hydrogens is 396 g/mol. The minimum absolute atomic E-state index is 0.0708. The van der Waals surface area contributed by atoms with E-state index in [1.165, 1.54) is 0 Å². The van der Waals surface area contributed by atoms with Crippen molar-refractivity contribution < 1.29 is 18.8 Å². The van der Waals surface area contributed by atoms with Gasteiger partial charge >= 0.3 is 6.03 Å². The molecule has 0 aliphatic carbocycles. The number of para-hydroxylation sites is 1. The zero-order valence-electron chi connectivity index (χ0n) is 17.7. The molecule has 8 heteroatoms. The molecule has 1 fully saturated rings. The SMILES string of the molecule is COc1ccc(CCNC(=O)N2CC(c3nc(Cc4ccccc4OC)no3)C2)cc1. The fraction of sp³-hybridized carbons (Fsp3) is 0.348. The standard InChI is InChI=1S/C23H26N4O4/c1-29-19-9-7-16(8-10-19)11-12-24-23(28)27-14-18(15-27)22-25-21(26-31-22)13-17-5-3-4-6-20(17)30-2/h3-10,18H,11-15H2,1-2H3,(H,24,28). The van der Waals surface area contributed by atoms with Gasteiger partial charge in [-0.1, -0.05) is 35.5 Å². The van der Waals surface area contributed by atoms with Crippen LogP contribution < -0.4 is 14.8 Å².